The standard InChI is InChI=1S/C14H25NO2/c1-5-14(4,15(6-2)7-3)13(16)12-10-8-9-11-17-12/h10H,5-9,11H2,1-4H3. The molecule has 0 aromatic heterocycles. The summed E-state index contributed by atoms with van der Waals surface area (Å²) in [5, 5.41) is 0. The van der Waals surface area contributed by atoms with Crippen molar-refractivity contribution in [2.75, 3.05) is 19.7 Å². The molecule has 0 saturated carbocycles. The lowest BCUT2D eigenvalue weighted by molar-refractivity contribution is -0.130. The van der Waals surface area contributed by atoms with Gasteiger partial charge >= 0.3 is 0 Å². The van der Waals surface area contributed by atoms with Gasteiger partial charge in [-0.15, -0.1) is 0 Å². The van der Waals surface area contributed by atoms with Crippen LogP contribution in [0.5, 0.6) is 0 Å². The molecule has 0 bridgehead atoms. The van der Waals surface area contributed by atoms with E-state index in [-0.39, 0.29) is 5.78 Å². The maximum atomic E-state index is 12.6. The van der Waals surface area contributed by atoms with Crippen LogP contribution in [0.1, 0.15) is 47.0 Å². The lowest BCUT2D eigenvalue weighted by atomic mass is 9.89. The minimum Gasteiger partial charge on any atom is -0.490 e. The Morgan fingerprint density at radius 1 is 1.41 bits per heavy atom. The Bertz CT molecular complexity index is 295. The van der Waals surface area contributed by atoms with Gasteiger partial charge in [0.25, 0.3) is 0 Å². The van der Waals surface area contributed by atoms with Gasteiger partial charge in [0.2, 0.25) is 5.78 Å². The van der Waals surface area contributed by atoms with E-state index >= 15 is 0 Å². The molecule has 3 heteroatoms. The van der Waals surface area contributed by atoms with Gasteiger partial charge < -0.3 is 4.74 Å². The summed E-state index contributed by atoms with van der Waals surface area (Å²) in [7, 11) is 0. The molecule has 0 aromatic rings. The number of carbonyl (C=O) groups is 1. The van der Waals surface area contributed by atoms with Crippen LogP contribution in [-0.4, -0.2) is 35.9 Å². The highest BCUT2D eigenvalue weighted by Crippen LogP contribution is 2.26. The van der Waals surface area contributed by atoms with E-state index in [2.05, 4.69) is 25.7 Å². The molecule has 98 valence electrons. The van der Waals surface area contributed by atoms with Crippen LogP contribution in [0.25, 0.3) is 0 Å². The highest BCUT2D eigenvalue weighted by molar-refractivity contribution is 6.00. The highest BCUT2D eigenvalue weighted by atomic mass is 16.5. The number of ketones is 1. The predicted octanol–water partition coefficient (Wildman–Crippen LogP) is 2.76. The van der Waals surface area contributed by atoms with Crippen LogP contribution in [0.3, 0.4) is 0 Å². The average molecular weight is 239 g/mol. The van der Waals surface area contributed by atoms with Crippen molar-refractivity contribution in [3.8, 4) is 0 Å². The van der Waals surface area contributed by atoms with E-state index in [1.165, 1.54) is 0 Å². The number of allylic oxidation sites excluding steroid dienone is 1. The number of ether oxygens (including phenoxy) is 1. The van der Waals surface area contributed by atoms with Crippen LogP contribution in [0.2, 0.25) is 0 Å². The van der Waals surface area contributed by atoms with Gasteiger partial charge in [-0.25, -0.2) is 0 Å². The third-order valence-corrected chi connectivity index (χ3v) is 3.80. The van der Waals surface area contributed by atoms with Crippen molar-refractivity contribution in [3.05, 3.63) is 11.8 Å². The van der Waals surface area contributed by atoms with Crippen molar-refractivity contribution in [2.45, 2.75) is 52.5 Å². The summed E-state index contributed by atoms with van der Waals surface area (Å²) in [6, 6.07) is 0. The third-order valence-electron chi connectivity index (χ3n) is 3.80. The number of hydrogen-bond donors (Lipinski definition) is 0. The Hall–Kier alpha value is -0.830. The zero-order valence-electron chi connectivity index (χ0n) is 11.6. The van der Waals surface area contributed by atoms with Crippen molar-refractivity contribution >= 4 is 5.78 Å². The van der Waals surface area contributed by atoms with Gasteiger partial charge in [-0.3, -0.25) is 9.69 Å². The van der Waals surface area contributed by atoms with Crippen LogP contribution < -0.4 is 0 Å². The number of likely N-dealkylation sites (N-methyl/N-ethyl adjacent to an activating group) is 1. The molecular formula is C14H25NO2. The smallest absolute Gasteiger partial charge is 0.216 e. The van der Waals surface area contributed by atoms with Gasteiger partial charge in [0.1, 0.15) is 0 Å². The fraction of sp³-hybridized carbons (Fsp3) is 0.786. The molecule has 0 saturated heterocycles. The van der Waals surface area contributed by atoms with Gasteiger partial charge in [-0.1, -0.05) is 20.8 Å². The van der Waals surface area contributed by atoms with Gasteiger partial charge in [-0.05, 0) is 45.4 Å². The maximum absolute atomic E-state index is 12.6. The molecule has 1 rings (SSSR count). The number of hydrogen-bond acceptors (Lipinski definition) is 3. The van der Waals surface area contributed by atoms with Crippen LogP contribution in [0, 0.1) is 0 Å². The van der Waals surface area contributed by atoms with Gasteiger partial charge in [0.15, 0.2) is 5.76 Å². The molecule has 0 fully saturated rings. The van der Waals surface area contributed by atoms with E-state index in [1.54, 1.807) is 0 Å². The third kappa shape index (κ3) is 2.89. The molecule has 3 nitrogen and oxygen atoms in total. The van der Waals surface area contributed by atoms with Crippen molar-refractivity contribution in [2.24, 2.45) is 0 Å². The van der Waals surface area contributed by atoms with Crippen LogP contribution in [0.15, 0.2) is 11.8 Å². The summed E-state index contributed by atoms with van der Waals surface area (Å²) < 4.78 is 5.51. The zero-order chi connectivity index (χ0) is 12.9. The highest BCUT2D eigenvalue weighted by Gasteiger charge is 2.38. The molecule has 0 radical (unpaired) electrons. The van der Waals surface area contributed by atoms with Crippen molar-refractivity contribution in [1.29, 1.82) is 0 Å². The molecule has 1 atom stereocenters. The van der Waals surface area contributed by atoms with Crippen LogP contribution in [-0.2, 0) is 9.53 Å². The van der Waals surface area contributed by atoms with E-state index in [1.807, 2.05) is 13.0 Å². The molecule has 0 aromatic carbocycles. The minimum absolute atomic E-state index is 0.142. The minimum atomic E-state index is -0.424. The molecule has 0 amide bonds. The van der Waals surface area contributed by atoms with Gasteiger partial charge in [0.05, 0.1) is 12.1 Å². The largest absolute Gasteiger partial charge is 0.490 e. The summed E-state index contributed by atoms with van der Waals surface area (Å²) >= 11 is 0. The monoisotopic (exact) mass is 239 g/mol. The van der Waals surface area contributed by atoms with E-state index in [4.69, 9.17) is 4.74 Å². The molecule has 1 aliphatic rings. The van der Waals surface area contributed by atoms with Gasteiger partial charge in [0, 0.05) is 0 Å². The second kappa shape index (κ2) is 6.20. The second-order valence-electron chi connectivity index (χ2n) is 4.69. The Balaban J connectivity index is 2.91. The van der Waals surface area contributed by atoms with E-state index in [0.29, 0.717) is 12.4 Å². The molecular weight excluding hydrogens is 214 g/mol. The molecule has 0 N–H and O–H groups in total. The Labute approximate surface area is 105 Å². The zero-order valence-corrected chi connectivity index (χ0v) is 11.6. The van der Waals surface area contributed by atoms with Crippen molar-refractivity contribution < 1.29 is 9.53 Å². The fourth-order valence-electron chi connectivity index (χ4n) is 2.43. The maximum Gasteiger partial charge on any atom is 0.216 e. The fourth-order valence-corrected chi connectivity index (χ4v) is 2.43. The molecule has 1 heterocycles. The lowest BCUT2D eigenvalue weighted by Crippen LogP contribution is -2.52. The Morgan fingerprint density at radius 3 is 2.47 bits per heavy atom. The number of Topliss-reactive ketones (excluding diaryl/α,β-unsaturated/α-hetero) is 1. The van der Waals surface area contributed by atoms with Crippen molar-refractivity contribution in [1.82, 2.24) is 4.90 Å². The van der Waals surface area contributed by atoms with E-state index in [0.717, 1.165) is 32.4 Å². The molecule has 0 aliphatic carbocycles. The Kier molecular flexibility index (Phi) is 5.19. The normalized spacial score (nSPS) is 19.5. The summed E-state index contributed by atoms with van der Waals surface area (Å²) in [4.78, 5) is 14.8. The molecule has 1 unspecified atom stereocenters. The number of rotatable bonds is 6. The molecule has 1 aliphatic heterocycles. The first-order chi connectivity index (χ1) is 8.10. The topological polar surface area (TPSA) is 29.5 Å². The quantitative estimate of drug-likeness (QED) is 0.714. The summed E-state index contributed by atoms with van der Waals surface area (Å²) in [6.45, 7) is 10.7. The predicted molar refractivity (Wildman–Crippen MR) is 69.9 cm³/mol. The summed E-state index contributed by atoms with van der Waals surface area (Å²) in [5.41, 5.74) is -0.424. The van der Waals surface area contributed by atoms with E-state index < -0.39 is 5.54 Å². The summed E-state index contributed by atoms with van der Waals surface area (Å²) in [5.74, 6) is 0.718. The SMILES string of the molecule is CCN(CC)C(C)(CC)C(=O)C1=CCCCO1. The first-order valence-corrected chi connectivity index (χ1v) is 6.72. The molecule has 17 heavy (non-hydrogen) atoms. The molecule has 0 spiro atoms. The van der Waals surface area contributed by atoms with Crippen molar-refractivity contribution in [3.63, 3.8) is 0 Å². The summed E-state index contributed by atoms with van der Waals surface area (Å²) in [6.07, 6.45) is 4.74. The lowest BCUT2D eigenvalue weighted by Gasteiger charge is -2.38. The number of nitrogens with zero attached hydrogens (tertiary/aromatic N) is 1. The van der Waals surface area contributed by atoms with Crippen LogP contribution >= 0.6 is 0 Å². The van der Waals surface area contributed by atoms with Crippen LogP contribution in [0.4, 0.5) is 0 Å². The first-order valence-electron chi connectivity index (χ1n) is 6.72. The van der Waals surface area contributed by atoms with Gasteiger partial charge in [-0.2, -0.15) is 0 Å². The van der Waals surface area contributed by atoms with E-state index in [9.17, 15) is 4.79 Å². The average Bonchev–Trinajstić information content (AvgIpc) is 2.39. The second-order valence-corrected chi connectivity index (χ2v) is 4.69. The Morgan fingerprint density at radius 2 is 2.06 bits per heavy atom. The first kappa shape index (κ1) is 14.2. The number of carbonyl (C=O) groups excluding carboxylic acids is 1.